The fraction of sp³-hybridized carbons (Fsp3) is 0.417. The molecule has 0 saturated carbocycles. The molecule has 2 atom stereocenters. The summed E-state index contributed by atoms with van der Waals surface area (Å²) < 4.78 is 5.38. The van der Waals surface area contributed by atoms with Crippen LogP contribution >= 0.6 is 11.6 Å². The highest BCUT2D eigenvalue weighted by Crippen LogP contribution is 2.33. The smallest absolute Gasteiger partial charge is 0.338 e. The number of ether oxygens (including phenoxy) is 1. The third kappa shape index (κ3) is 2.83. The number of halogens is 1. The van der Waals surface area contributed by atoms with Crippen molar-refractivity contribution in [3.05, 3.63) is 32.8 Å². The Kier molecular flexibility index (Phi) is 4.10. The van der Waals surface area contributed by atoms with Gasteiger partial charge in [0.25, 0.3) is 5.69 Å². The van der Waals surface area contributed by atoms with Crippen LogP contribution in [0, 0.1) is 10.1 Å². The summed E-state index contributed by atoms with van der Waals surface area (Å²) in [4.78, 5) is 21.3. The van der Waals surface area contributed by atoms with E-state index in [1.54, 1.807) is 0 Å². The van der Waals surface area contributed by atoms with E-state index in [0.717, 1.165) is 12.1 Å². The van der Waals surface area contributed by atoms with E-state index in [1.807, 2.05) is 6.92 Å². The first-order chi connectivity index (χ1) is 9.40. The summed E-state index contributed by atoms with van der Waals surface area (Å²) in [5.74, 6) is -1.27. The Morgan fingerprint density at radius 1 is 1.60 bits per heavy atom. The van der Waals surface area contributed by atoms with Gasteiger partial charge in [0.2, 0.25) is 0 Å². The molecule has 1 heterocycles. The second kappa shape index (κ2) is 5.64. The largest absolute Gasteiger partial charge is 0.478 e. The van der Waals surface area contributed by atoms with Crippen LogP contribution in [0.25, 0.3) is 0 Å². The number of benzene rings is 1. The number of non-ortho nitro benzene ring substituents is 1. The summed E-state index contributed by atoms with van der Waals surface area (Å²) in [6, 6.07) is 2.06. The van der Waals surface area contributed by atoms with E-state index < -0.39 is 10.9 Å². The molecule has 7 nitrogen and oxygen atoms in total. The zero-order valence-electron chi connectivity index (χ0n) is 10.6. The Morgan fingerprint density at radius 3 is 2.80 bits per heavy atom. The predicted octanol–water partition coefficient (Wildman–Crippen LogP) is 2.54. The van der Waals surface area contributed by atoms with E-state index in [4.69, 9.17) is 16.3 Å². The molecule has 1 aliphatic rings. The summed E-state index contributed by atoms with van der Waals surface area (Å²) >= 11 is 5.98. The number of carbonyl (C=O) groups is 1. The molecule has 2 rings (SSSR count). The number of nitro groups is 1. The minimum Gasteiger partial charge on any atom is -0.478 e. The van der Waals surface area contributed by atoms with Crippen LogP contribution in [0.2, 0.25) is 5.02 Å². The van der Waals surface area contributed by atoms with Crippen LogP contribution < -0.4 is 5.32 Å². The van der Waals surface area contributed by atoms with Crippen molar-refractivity contribution in [3.63, 3.8) is 0 Å². The lowest BCUT2D eigenvalue weighted by atomic mass is 10.1. The number of nitrogens with one attached hydrogen (secondary N) is 1. The van der Waals surface area contributed by atoms with Gasteiger partial charge in [-0.25, -0.2) is 4.79 Å². The Hall–Kier alpha value is -1.86. The first-order valence-corrected chi connectivity index (χ1v) is 6.37. The lowest BCUT2D eigenvalue weighted by Gasteiger charge is -2.19. The van der Waals surface area contributed by atoms with Gasteiger partial charge >= 0.3 is 5.97 Å². The highest BCUT2D eigenvalue weighted by atomic mass is 35.5. The molecule has 2 unspecified atom stereocenters. The third-order valence-corrected chi connectivity index (χ3v) is 3.52. The van der Waals surface area contributed by atoms with Crippen LogP contribution in [-0.2, 0) is 4.74 Å². The van der Waals surface area contributed by atoms with Crippen molar-refractivity contribution in [1.29, 1.82) is 0 Å². The third-order valence-electron chi connectivity index (χ3n) is 3.22. The summed E-state index contributed by atoms with van der Waals surface area (Å²) in [6.07, 6.45) is 0.635. The highest BCUT2D eigenvalue weighted by molar-refractivity contribution is 6.34. The minimum atomic E-state index is -1.27. The van der Waals surface area contributed by atoms with E-state index >= 15 is 0 Å². The lowest BCUT2D eigenvalue weighted by Crippen LogP contribution is -2.27. The Morgan fingerprint density at radius 2 is 2.30 bits per heavy atom. The maximum atomic E-state index is 11.3. The van der Waals surface area contributed by atoms with E-state index in [0.29, 0.717) is 13.0 Å². The number of anilines is 1. The monoisotopic (exact) mass is 300 g/mol. The Balaban J connectivity index is 2.40. The summed E-state index contributed by atoms with van der Waals surface area (Å²) in [6.45, 7) is 2.44. The standard InChI is InChI=1S/C12H13ClN2O5/c1-6-10(2-3-20-6)14-11-8(12(16)17)4-7(15(18)19)5-9(11)13/h4-6,10,14H,2-3H2,1H3,(H,16,17). The average Bonchev–Trinajstić information content (AvgIpc) is 2.76. The molecule has 1 aromatic rings. The fourth-order valence-electron chi connectivity index (χ4n) is 2.12. The Labute approximate surface area is 119 Å². The van der Waals surface area contributed by atoms with Crippen molar-refractivity contribution in [2.75, 3.05) is 11.9 Å². The second-order valence-corrected chi connectivity index (χ2v) is 4.94. The van der Waals surface area contributed by atoms with E-state index in [2.05, 4.69) is 5.32 Å². The molecule has 20 heavy (non-hydrogen) atoms. The number of hydrogen-bond donors (Lipinski definition) is 2. The van der Waals surface area contributed by atoms with Crippen LogP contribution in [0.3, 0.4) is 0 Å². The quantitative estimate of drug-likeness (QED) is 0.654. The topological polar surface area (TPSA) is 102 Å². The highest BCUT2D eigenvalue weighted by Gasteiger charge is 2.27. The van der Waals surface area contributed by atoms with Gasteiger partial charge in [-0.05, 0) is 13.3 Å². The fourth-order valence-corrected chi connectivity index (χ4v) is 2.39. The molecule has 0 aromatic heterocycles. The number of carboxylic acids is 1. The first-order valence-electron chi connectivity index (χ1n) is 5.99. The van der Waals surface area contributed by atoms with Gasteiger partial charge in [-0.2, -0.15) is 0 Å². The van der Waals surface area contributed by atoms with Gasteiger partial charge in [0.15, 0.2) is 0 Å². The SMILES string of the molecule is CC1OCCC1Nc1c(Cl)cc([N+](=O)[O-])cc1C(=O)O. The predicted molar refractivity (Wildman–Crippen MR) is 72.5 cm³/mol. The maximum absolute atomic E-state index is 11.3. The van der Waals surface area contributed by atoms with Gasteiger partial charge in [0, 0.05) is 18.7 Å². The van der Waals surface area contributed by atoms with Gasteiger partial charge in [0.05, 0.1) is 33.3 Å². The molecule has 1 saturated heterocycles. The van der Waals surface area contributed by atoms with E-state index in [1.165, 1.54) is 0 Å². The van der Waals surface area contributed by atoms with Gasteiger partial charge in [0.1, 0.15) is 0 Å². The summed E-state index contributed by atoms with van der Waals surface area (Å²) in [5.41, 5.74) is -0.385. The molecule has 2 N–H and O–H groups in total. The van der Waals surface area contributed by atoms with Crippen molar-refractivity contribution >= 4 is 28.9 Å². The van der Waals surface area contributed by atoms with Crippen molar-refractivity contribution in [2.24, 2.45) is 0 Å². The minimum absolute atomic E-state index is 0.00991. The number of rotatable bonds is 4. The van der Waals surface area contributed by atoms with Gasteiger partial charge in [-0.3, -0.25) is 10.1 Å². The molecule has 1 fully saturated rings. The molecular weight excluding hydrogens is 288 g/mol. The van der Waals surface area contributed by atoms with E-state index in [-0.39, 0.29) is 34.1 Å². The van der Waals surface area contributed by atoms with Gasteiger partial charge < -0.3 is 15.2 Å². The molecule has 0 aliphatic carbocycles. The summed E-state index contributed by atoms with van der Waals surface area (Å²) in [7, 11) is 0. The lowest BCUT2D eigenvalue weighted by molar-refractivity contribution is -0.384. The second-order valence-electron chi connectivity index (χ2n) is 4.53. The molecule has 1 aromatic carbocycles. The number of hydrogen-bond acceptors (Lipinski definition) is 5. The van der Waals surface area contributed by atoms with Gasteiger partial charge in [-0.15, -0.1) is 0 Å². The van der Waals surface area contributed by atoms with Crippen molar-refractivity contribution in [2.45, 2.75) is 25.5 Å². The van der Waals surface area contributed by atoms with Crippen LogP contribution in [0.5, 0.6) is 0 Å². The maximum Gasteiger partial charge on any atom is 0.338 e. The van der Waals surface area contributed by atoms with Gasteiger partial charge in [-0.1, -0.05) is 11.6 Å². The molecular formula is C12H13ClN2O5. The zero-order valence-corrected chi connectivity index (χ0v) is 11.4. The number of aromatic carboxylic acids is 1. The average molecular weight is 301 g/mol. The molecule has 8 heteroatoms. The summed E-state index contributed by atoms with van der Waals surface area (Å²) in [5, 5.41) is 23.0. The van der Waals surface area contributed by atoms with Crippen molar-refractivity contribution in [3.8, 4) is 0 Å². The molecule has 0 spiro atoms. The number of nitrogens with zero attached hydrogens (tertiary/aromatic N) is 1. The normalized spacial score (nSPS) is 21.7. The Bertz CT molecular complexity index is 563. The number of nitro benzene ring substituents is 1. The van der Waals surface area contributed by atoms with Crippen LogP contribution in [-0.4, -0.2) is 34.8 Å². The van der Waals surface area contributed by atoms with Crippen LogP contribution in [0.1, 0.15) is 23.7 Å². The molecule has 108 valence electrons. The molecule has 1 aliphatic heterocycles. The first kappa shape index (κ1) is 14.5. The van der Waals surface area contributed by atoms with Crippen molar-refractivity contribution in [1.82, 2.24) is 0 Å². The van der Waals surface area contributed by atoms with Crippen molar-refractivity contribution < 1.29 is 19.6 Å². The zero-order chi connectivity index (χ0) is 14.9. The van der Waals surface area contributed by atoms with E-state index in [9.17, 15) is 20.0 Å². The van der Waals surface area contributed by atoms with Crippen LogP contribution in [0.15, 0.2) is 12.1 Å². The molecule has 0 radical (unpaired) electrons. The number of carboxylic acid groups (broad SMARTS) is 1. The molecule has 0 amide bonds. The van der Waals surface area contributed by atoms with Crippen LogP contribution in [0.4, 0.5) is 11.4 Å². The molecule has 0 bridgehead atoms.